The molecule has 0 aliphatic carbocycles. The molecule has 0 bridgehead atoms. The van der Waals surface area contributed by atoms with Crippen molar-refractivity contribution in [2.75, 3.05) is 0 Å². The molecule has 3 nitrogen and oxygen atoms in total. The Balaban J connectivity index is 1.48. The highest BCUT2D eigenvalue weighted by Crippen LogP contribution is 2.34. The molecular weight excluding hydrogens is 414 g/mol. The summed E-state index contributed by atoms with van der Waals surface area (Å²) in [5.41, 5.74) is 8.11. The van der Waals surface area contributed by atoms with Crippen molar-refractivity contribution in [1.82, 2.24) is 15.0 Å². The van der Waals surface area contributed by atoms with Crippen molar-refractivity contribution in [3.05, 3.63) is 115 Å². The fourth-order valence-corrected chi connectivity index (χ4v) is 4.80. The van der Waals surface area contributed by atoms with E-state index in [1.54, 1.807) is 0 Å². The molecule has 0 unspecified atom stereocenters. The Morgan fingerprint density at radius 1 is 0.441 bits per heavy atom. The van der Waals surface area contributed by atoms with Gasteiger partial charge in [-0.1, -0.05) is 97.1 Å². The maximum atomic E-state index is 5.12. The standard InChI is InChI=1S/C31H19N3/c1-2-7-20(8-3-1)21-12-14-23(15-13-21)28-25-10-4-5-11-26(25)31-27(33-28)19-24-17-16-22-9-6-18-32-29(22)30(24)34-31/h1-19H. The average Bonchev–Trinajstić information content (AvgIpc) is 2.92. The van der Waals surface area contributed by atoms with Gasteiger partial charge in [0.25, 0.3) is 0 Å². The summed E-state index contributed by atoms with van der Waals surface area (Å²) in [4.78, 5) is 14.8. The van der Waals surface area contributed by atoms with E-state index in [1.807, 2.05) is 18.3 Å². The monoisotopic (exact) mass is 433 g/mol. The van der Waals surface area contributed by atoms with E-state index in [0.29, 0.717) is 0 Å². The second-order valence-corrected chi connectivity index (χ2v) is 8.52. The summed E-state index contributed by atoms with van der Waals surface area (Å²) in [6.45, 7) is 0. The molecule has 7 rings (SSSR count). The third-order valence-electron chi connectivity index (χ3n) is 6.47. The van der Waals surface area contributed by atoms with Gasteiger partial charge in [0.15, 0.2) is 0 Å². The SMILES string of the molecule is c1ccc(-c2ccc(-c3nc4cc5ccc6cccnc6c5nc4c4ccccc34)cc2)cc1. The molecule has 7 aromatic rings. The minimum absolute atomic E-state index is 0.892. The fraction of sp³-hybridized carbons (Fsp3) is 0. The van der Waals surface area contributed by atoms with E-state index in [9.17, 15) is 0 Å². The van der Waals surface area contributed by atoms with Gasteiger partial charge in [-0.25, -0.2) is 9.97 Å². The predicted molar refractivity (Wildman–Crippen MR) is 141 cm³/mol. The Bertz CT molecular complexity index is 1840. The van der Waals surface area contributed by atoms with Gasteiger partial charge in [0.1, 0.15) is 0 Å². The van der Waals surface area contributed by atoms with Gasteiger partial charge < -0.3 is 0 Å². The van der Waals surface area contributed by atoms with Crippen molar-refractivity contribution in [2.24, 2.45) is 0 Å². The highest BCUT2D eigenvalue weighted by molar-refractivity contribution is 6.14. The molecule has 0 N–H and O–H groups in total. The van der Waals surface area contributed by atoms with E-state index < -0.39 is 0 Å². The molecule has 3 aromatic heterocycles. The maximum Gasteiger partial charge on any atom is 0.0974 e. The number of hydrogen-bond acceptors (Lipinski definition) is 3. The van der Waals surface area contributed by atoms with Gasteiger partial charge in [0.2, 0.25) is 0 Å². The van der Waals surface area contributed by atoms with Crippen LogP contribution in [0.3, 0.4) is 0 Å². The van der Waals surface area contributed by atoms with E-state index in [0.717, 1.165) is 54.9 Å². The van der Waals surface area contributed by atoms with Crippen LogP contribution in [0, 0.1) is 0 Å². The van der Waals surface area contributed by atoms with E-state index >= 15 is 0 Å². The molecule has 0 fully saturated rings. The van der Waals surface area contributed by atoms with Crippen molar-refractivity contribution in [2.45, 2.75) is 0 Å². The average molecular weight is 434 g/mol. The van der Waals surface area contributed by atoms with Crippen molar-refractivity contribution < 1.29 is 0 Å². The van der Waals surface area contributed by atoms with Crippen LogP contribution in [0.2, 0.25) is 0 Å². The zero-order valence-electron chi connectivity index (χ0n) is 18.3. The summed E-state index contributed by atoms with van der Waals surface area (Å²) in [6.07, 6.45) is 1.83. The maximum absolute atomic E-state index is 5.12. The molecule has 3 heterocycles. The third-order valence-corrected chi connectivity index (χ3v) is 6.47. The zero-order chi connectivity index (χ0) is 22.5. The Morgan fingerprint density at radius 3 is 2.00 bits per heavy atom. The van der Waals surface area contributed by atoms with Crippen LogP contribution in [0.1, 0.15) is 0 Å². The molecule has 34 heavy (non-hydrogen) atoms. The lowest BCUT2D eigenvalue weighted by atomic mass is 9.99. The first-order valence-electron chi connectivity index (χ1n) is 11.4. The van der Waals surface area contributed by atoms with Gasteiger partial charge >= 0.3 is 0 Å². The smallest absolute Gasteiger partial charge is 0.0974 e. The predicted octanol–water partition coefficient (Wildman–Crippen LogP) is 7.82. The number of aromatic nitrogens is 3. The fourth-order valence-electron chi connectivity index (χ4n) is 4.80. The van der Waals surface area contributed by atoms with E-state index in [2.05, 4.69) is 102 Å². The topological polar surface area (TPSA) is 38.7 Å². The number of fused-ring (bicyclic) bond motifs is 6. The van der Waals surface area contributed by atoms with Gasteiger partial charge in [-0.05, 0) is 23.3 Å². The van der Waals surface area contributed by atoms with Gasteiger partial charge in [-0.2, -0.15) is 0 Å². The zero-order valence-corrected chi connectivity index (χ0v) is 18.3. The van der Waals surface area contributed by atoms with Crippen LogP contribution in [-0.4, -0.2) is 15.0 Å². The number of benzene rings is 4. The lowest BCUT2D eigenvalue weighted by Gasteiger charge is -2.12. The number of pyridine rings is 3. The quantitative estimate of drug-likeness (QED) is 0.206. The van der Waals surface area contributed by atoms with E-state index in [4.69, 9.17) is 9.97 Å². The molecule has 0 aliphatic rings. The van der Waals surface area contributed by atoms with E-state index in [-0.39, 0.29) is 0 Å². The van der Waals surface area contributed by atoms with E-state index in [1.165, 1.54) is 11.1 Å². The summed E-state index contributed by atoms with van der Waals surface area (Å²) >= 11 is 0. The molecule has 3 heteroatoms. The second kappa shape index (κ2) is 7.46. The Labute approximate surface area is 196 Å². The highest BCUT2D eigenvalue weighted by atomic mass is 14.8. The van der Waals surface area contributed by atoms with Crippen LogP contribution in [-0.2, 0) is 0 Å². The Kier molecular flexibility index (Phi) is 4.15. The number of hydrogen-bond donors (Lipinski definition) is 0. The molecule has 158 valence electrons. The first kappa shape index (κ1) is 18.9. The Hall–Kier alpha value is -4.63. The third kappa shape index (κ3) is 2.95. The normalized spacial score (nSPS) is 11.5. The molecule has 0 spiro atoms. The van der Waals surface area contributed by atoms with Crippen LogP contribution in [0.5, 0.6) is 0 Å². The lowest BCUT2D eigenvalue weighted by molar-refractivity contribution is 1.38. The van der Waals surface area contributed by atoms with Crippen molar-refractivity contribution in [1.29, 1.82) is 0 Å². The second-order valence-electron chi connectivity index (χ2n) is 8.52. The van der Waals surface area contributed by atoms with Crippen LogP contribution >= 0.6 is 0 Å². The summed E-state index contributed by atoms with van der Waals surface area (Å²) in [5.74, 6) is 0. The first-order valence-corrected chi connectivity index (χ1v) is 11.4. The van der Waals surface area contributed by atoms with Crippen molar-refractivity contribution in [3.8, 4) is 22.4 Å². The molecule has 4 aromatic carbocycles. The summed E-state index contributed by atoms with van der Waals surface area (Å²) in [7, 11) is 0. The van der Waals surface area contributed by atoms with Crippen LogP contribution in [0.25, 0.3) is 66.0 Å². The van der Waals surface area contributed by atoms with Gasteiger partial charge in [-0.3, -0.25) is 4.98 Å². The number of rotatable bonds is 2. The van der Waals surface area contributed by atoms with Gasteiger partial charge in [-0.15, -0.1) is 0 Å². The molecule has 0 aliphatic heterocycles. The first-order chi connectivity index (χ1) is 16.8. The van der Waals surface area contributed by atoms with Crippen molar-refractivity contribution in [3.63, 3.8) is 0 Å². The van der Waals surface area contributed by atoms with Gasteiger partial charge in [0, 0.05) is 33.3 Å². The molecule has 0 amide bonds. The highest BCUT2D eigenvalue weighted by Gasteiger charge is 2.13. The van der Waals surface area contributed by atoms with Crippen LogP contribution < -0.4 is 0 Å². The number of nitrogens with zero attached hydrogens (tertiary/aromatic N) is 3. The molecule has 0 saturated heterocycles. The molecule has 0 atom stereocenters. The van der Waals surface area contributed by atoms with Crippen LogP contribution in [0.15, 0.2) is 115 Å². The summed E-state index contributed by atoms with van der Waals surface area (Å²) in [5, 5.41) is 4.34. The molecule has 0 saturated carbocycles. The minimum Gasteiger partial charge on any atom is -0.254 e. The summed E-state index contributed by atoms with van der Waals surface area (Å²) in [6, 6.07) is 37.9. The molecule has 0 radical (unpaired) electrons. The van der Waals surface area contributed by atoms with Gasteiger partial charge in [0.05, 0.1) is 27.8 Å². The molecular formula is C31H19N3. The lowest BCUT2D eigenvalue weighted by Crippen LogP contribution is -1.93. The largest absolute Gasteiger partial charge is 0.254 e. The Morgan fingerprint density at radius 2 is 1.15 bits per heavy atom. The summed E-state index contributed by atoms with van der Waals surface area (Å²) < 4.78 is 0. The van der Waals surface area contributed by atoms with Crippen LogP contribution in [0.4, 0.5) is 0 Å². The van der Waals surface area contributed by atoms with Crippen molar-refractivity contribution >= 4 is 43.6 Å². The minimum atomic E-state index is 0.892.